The molecule has 3 atom stereocenters. The van der Waals surface area contributed by atoms with Gasteiger partial charge in [-0.05, 0) is 30.7 Å². The van der Waals surface area contributed by atoms with Crippen molar-refractivity contribution in [3.63, 3.8) is 0 Å². The molecule has 1 aliphatic rings. The van der Waals surface area contributed by atoms with Crippen LogP contribution in [0.5, 0.6) is 0 Å². The molecule has 0 bridgehead atoms. The molecule has 23 heavy (non-hydrogen) atoms. The number of nitrogens with two attached hydrogens (primary N) is 1. The van der Waals surface area contributed by atoms with Crippen molar-refractivity contribution in [2.24, 2.45) is 11.7 Å². The first-order chi connectivity index (χ1) is 11.0. The van der Waals surface area contributed by atoms with Gasteiger partial charge in [0.25, 0.3) is 0 Å². The third kappa shape index (κ3) is 2.63. The second kappa shape index (κ2) is 5.71. The number of amides is 2. The highest BCUT2D eigenvalue weighted by Gasteiger charge is 2.47. The van der Waals surface area contributed by atoms with Crippen molar-refractivity contribution in [3.8, 4) is 5.69 Å². The minimum absolute atomic E-state index is 0.00692. The number of cyclic esters (lactones) is 1. The van der Waals surface area contributed by atoms with E-state index in [-0.39, 0.29) is 5.12 Å². The first-order valence-corrected chi connectivity index (χ1v) is 7.04. The molecule has 1 saturated heterocycles. The van der Waals surface area contributed by atoms with Crippen LogP contribution < -0.4 is 5.73 Å². The third-order valence-corrected chi connectivity index (χ3v) is 3.91. The topological polar surface area (TPSA) is 90.5 Å². The maximum atomic E-state index is 14.1. The number of nitrogens with zero attached hydrogens (tertiary/aromatic N) is 3. The van der Waals surface area contributed by atoms with Gasteiger partial charge in [-0.25, -0.2) is 9.48 Å². The molecule has 8 heteroatoms. The van der Waals surface area contributed by atoms with Crippen LogP contribution in [0.25, 0.3) is 5.69 Å². The first-order valence-electron chi connectivity index (χ1n) is 7.04. The molecular formula is C15H15FN4O3. The van der Waals surface area contributed by atoms with E-state index in [4.69, 9.17) is 10.5 Å². The van der Waals surface area contributed by atoms with Crippen LogP contribution in [0.15, 0.2) is 42.7 Å². The lowest BCUT2D eigenvalue weighted by molar-refractivity contribution is -0.124. The van der Waals surface area contributed by atoms with Crippen LogP contribution in [0.3, 0.4) is 0 Å². The number of hydrogen-bond acceptors (Lipinski definition) is 4. The van der Waals surface area contributed by atoms with Crippen molar-refractivity contribution < 1.29 is 18.8 Å². The molecular weight excluding hydrogens is 303 g/mol. The quantitative estimate of drug-likeness (QED) is 0.869. The van der Waals surface area contributed by atoms with Crippen molar-refractivity contribution in [2.45, 2.75) is 19.1 Å². The van der Waals surface area contributed by atoms with E-state index < -0.39 is 30.1 Å². The zero-order chi connectivity index (χ0) is 16.6. The summed E-state index contributed by atoms with van der Waals surface area (Å²) in [6.07, 6.45) is 1.33. The summed E-state index contributed by atoms with van der Waals surface area (Å²) in [4.78, 5) is 22.9. The van der Waals surface area contributed by atoms with E-state index >= 15 is 0 Å². The van der Waals surface area contributed by atoms with Gasteiger partial charge in [-0.1, -0.05) is 16.6 Å². The molecule has 3 unspecified atom stereocenters. The number of ether oxygens (including phenoxy) is 1. The second-order valence-electron chi connectivity index (χ2n) is 5.34. The van der Waals surface area contributed by atoms with Gasteiger partial charge >= 0.3 is 6.09 Å². The lowest BCUT2D eigenvalue weighted by Crippen LogP contribution is -2.35. The van der Waals surface area contributed by atoms with Gasteiger partial charge in [0, 0.05) is 12.4 Å². The molecule has 1 fully saturated rings. The Morgan fingerprint density at radius 3 is 2.65 bits per heavy atom. The molecule has 2 N–H and O–H groups in total. The Morgan fingerprint density at radius 1 is 1.39 bits per heavy atom. The fraction of sp³-hybridized carbons (Fsp3) is 0.267. The zero-order valence-electron chi connectivity index (χ0n) is 12.3. The molecule has 1 aromatic carbocycles. The van der Waals surface area contributed by atoms with E-state index in [1.807, 2.05) is 0 Å². The molecule has 3 rings (SSSR count). The Labute approximate surface area is 131 Å². The van der Waals surface area contributed by atoms with Crippen LogP contribution in [0.4, 0.5) is 9.28 Å². The summed E-state index contributed by atoms with van der Waals surface area (Å²) >= 11 is 0. The SMILES string of the molecule is CC(C(N)=O)C1OC(=O)N(F)C1c1ccc(-n2cccn2)cc1. The van der Waals surface area contributed by atoms with Gasteiger partial charge in [-0.3, -0.25) is 4.79 Å². The molecule has 2 amide bonds. The standard InChI is InChI=1S/C15H15FN4O3/c1-9(14(17)21)13-12(20(16)15(22)23-13)10-3-5-11(6-4-10)19-8-2-7-18-19/h2-9,12-13H,1H3,(H2,17,21). The summed E-state index contributed by atoms with van der Waals surface area (Å²) in [6.45, 7) is 1.50. The van der Waals surface area contributed by atoms with Crippen LogP contribution in [0.1, 0.15) is 18.5 Å². The van der Waals surface area contributed by atoms with Crippen molar-refractivity contribution in [1.29, 1.82) is 0 Å². The Morgan fingerprint density at radius 2 is 2.09 bits per heavy atom. The molecule has 120 valence electrons. The van der Waals surface area contributed by atoms with Crippen LogP contribution >= 0.6 is 0 Å². The van der Waals surface area contributed by atoms with Gasteiger partial charge in [-0.15, -0.1) is 5.12 Å². The summed E-state index contributed by atoms with van der Waals surface area (Å²) < 4.78 is 20.7. The lowest BCUT2D eigenvalue weighted by Gasteiger charge is -2.22. The van der Waals surface area contributed by atoms with Gasteiger partial charge in [0.1, 0.15) is 12.1 Å². The van der Waals surface area contributed by atoms with Crippen LogP contribution in [-0.2, 0) is 9.53 Å². The van der Waals surface area contributed by atoms with E-state index in [1.165, 1.54) is 6.92 Å². The van der Waals surface area contributed by atoms with Crippen molar-refractivity contribution in [1.82, 2.24) is 14.9 Å². The van der Waals surface area contributed by atoms with Crippen LogP contribution in [-0.4, -0.2) is 33.0 Å². The maximum Gasteiger partial charge on any atom is 0.439 e. The van der Waals surface area contributed by atoms with E-state index in [1.54, 1.807) is 47.4 Å². The maximum absolute atomic E-state index is 14.1. The molecule has 2 aromatic rings. The Hall–Kier alpha value is -2.90. The Bertz CT molecular complexity index is 717. The van der Waals surface area contributed by atoms with Crippen molar-refractivity contribution in [3.05, 3.63) is 48.3 Å². The van der Waals surface area contributed by atoms with Gasteiger partial charge in [0.05, 0.1) is 11.6 Å². The number of primary amides is 1. The first kappa shape index (κ1) is 15.0. The van der Waals surface area contributed by atoms with Crippen LogP contribution in [0.2, 0.25) is 0 Å². The van der Waals surface area contributed by atoms with E-state index in [2.05, 4.69) is 5.10 Å². The molecule has 1 aliphatic heterocycles. The predicted molar refractivity (Wildman–Crippen MR) is 77.9 cm³/mol. The molecule has 2 heterocycles. The number of carbonyl (C=O) groups is 2. The number of halogens is 1. The van der Waals surface area contributed by atoms with Gasteiger partial charge in [-0.2, -0.15) is 5.10 Å². The largest absolute Gasteiger partial charge is 0.441 e. The van der Waals surface area contributed by atoms with Gasteiger partial charge < -0.3 is 10.5 Å². The summed E-state index contributed by atoms with van der Waals surface area (Å²) in [5, 5.41) is 4.09. The highest BCUT2D eigenvalue weighted by Crippen LogP contribution is 2.37. The number of carbonyl (C=O) groups excluding carboxylic acids is 2. The second-order valence-corrected chi connectivity index (χ2v) is 5.34. The van der Waals surface area contributed by atoms with Crippen LogP contribution in [0, 0.1) is 5.92 Å². The average molecular weight is 318 g/mol. The van der Waals surface area contributed by atoms with Crippen molar-refractivity contribution >= 4 is 12.0 Å². The average Bonchev–Trinajstić information content (AvgIpc) is 3.16. The lowest BCUT2D eigenvalue weighted by atomic mass is 9.92. The monoisotopic (exact) mass is 318 g/mol. The summed E-state index contributed by atoms with van der Waals surface area (Å²) in [6, 6.07) is 7.58. The van der Waals surface area contributed by atoms with Crippen molar-refractivity contribution in [2.75, 3.05) is 0 Å². The smallest absolute Gasteiger partial charge is 0.439 e. The minimum atomic E-state index is -1.12. The normalized spacial score (nSPS) is 22.0. The summed E-state index contributed by atoms with van der Waals surface area (Å²) in [5.74, 6) is -1.47. The molecule has 0 saturated carbocycles. The fourth-order valence-corrected chi connectivity index (χ4v) is 2.58. The molecule has 0 radical (unpaired) electrons. The fourth-order valence-electron chi connectivity index (χ4n) is 2.58. The predicted octanol–water partition coefficient (Wildman–Crippen LogP) is 1.74. The van der Waals surface area contributed by atoms with E-state index in [0.717, 1.165) is 5.69 Å². The highest BCUT2D eigenvalue weighted by atomic mass is 19.2. The van der Waals surface area contributed by atoms with Gasteiger partial charge in [0.15, 0.2) is 0 Å². The third-order valence-electron chi connectivity index (χ3n) is 3.91. The Kier molecular flexibility index (Phi) is 3.73. The number of benzene rings is 1. The molecule has 0 spiro atoms. The van der Waals surface area contributed by atoms with E-state index in [0.29, 0.717) is 5.56 Å². The number of hydrogen-bond donors (Lipinski definition) is 1. The minimum Gasteiger partial charge on any atom is -0.441 e. The van der Waals surface area contributed by atoms with Gasteiger partial charge in [0.2, 0.25) is 5.91 Å². The molecule has 0 aliphatic carbocycles. The van der Waals surface area contributed by atoms with E-state index in [9.17, 15) is 14.1 Å². The zero-order valence-corrected chi connectivity index (χ0v) is 12.3. The number of aromatic nitrogens is 2. The number of rotatable bonds is 4. The summed E-state index contributed by atoms with van der Waals surface area (Å²) in [5.41, 5.74) is 6.55. The molecule has 1 aromatic heterocycles. The summed E-state index contributed by atoms with van der Waals surface area (Å²) in [7, 11) is 0. The Balaban J connectivity index is 1.91. The highest BCUT2D eigenvalue weighted by molar-refractivity contribution is 5.79. The molecule has 7 nitrogen and oxygen atoms in total.